The first-order valence-electron chi connectivity index (χ1n) is 5.05. The molecule has 1 N–H and O–H groups in total. The number of nitrogens with zero attached hydrogens (tertiary/aromatic N) is 3. The number of benzene rings is 1. The third kappa shape index (κ3) is 2.48. The Kier molecular flexibility index (Phi) is 3.57. The van der Waals surface area contributed by atoms with Gasteiger partial charge in [0, 0.05) is 10.7 Å². The van der Waals surface area contributed by atoms with Crippen molar-refractivity contribution in [2.45, 2.75) is 0 Å². The van der Waals surface area contributed by atoms with Gasteiger partial charge in [0.05, 0.1) is 28.7 Å². The van der Waals surface area contributed by atoms with Crippen LogP contribution in [-0.2, 0) is 0 Å². The van der Waals surface area contributed by atoms with Gasteiger partial charge in [0.2, 0.25) is 0 Å². The van der Waals surface area contributed by atoms with E-state index in [0.29, 0.717) is 22.5 Å². The first-order chi connectivity index (χ1) is 8.74. The molecule has 4 nitrogen and oxygen atoms in total. The van der Waals surface area contributed by atoms with E-state index in [-0.39, 0.29) is 0 Å². The van der Waals surface area contributed by atoms with E-state index in [0.717, 1.165) is 4.47 Å². The number of anilines is 2. The van der Waals surface area contributed by atoms with E-state index in [2.05, 4.69) is 38.4 Å². The number of pyridine rings is 1. The van der Waals surface area contributed by atoms with Crippen LogP contribution < -0.4 is 5.32 Å². The van der Waals surface area contributed by atoms with E-state index < -0.39 is 0 Å². The Bertz CT molecular complexity index is 667. The molecule has 0 radical (unpaired) electrons. The van der Waals surface area contributed by atoms with Crippen molar-refractivity contribution < 1.29 is 0 Å². The number of rotatable bonds is 2. The Morgan fingerprint density at radius 2 is 1.78 bits per heavy atom. The van der Waals surface area contributed by atoms with Crippen molar-refractivity contribution in [1.29, 1.82) is 10.5 Å². The number of nitrogens with one attached hydrogen (secondary N) is 1. The summed E-state index contributed by atoms with van der Waals surface area (Å²) in [6, 6.07) is 11.1. The van der Waals surface area contributed by atoms with Crippen molar-refractivity contribution in [3.63, 3.8) is 0 Å². The summed E-state index contributed by atoms with van der Waals surface area (Å²) < 4.78 is 0.853. The number of nitriles is 2. The highest BCUT2D eigenvalue weighted by molar-refractivity contribution is 9.10. The predicted molar refractivity (Wildman–Crippen MR) is 71.1 cm³/mol. The van der Waals surface area contributed by atoms with Crippen molar-refractivity contribution in [2.75, 3.05) is 5.32 Å². The Labute approximate surface area is 113 Å². The lowest BCUT2D eigenvalue weighted by Gasteiger charge is -2.09. The molecular formula is C13H7BrN4. The molecule has 2 rings (SSSR count). The molecule has 1 heterocycles. The van der Waals surface area contributed by atoms with Crippen molar-refractivity contribution in [2.24, 2.45) is 0 Å². The van der Waals surface area contributed by atoms with Gasteiger partial charge in [-0.15, -0.1) is 0 Å². The average Bonchev–Trinajstić information content (AvgIpc) is 2.40. The smallest absolute Gasteiger partial charge is 0.101 e. The van der Waals surface area contributed by atoms with Crippen molar-refractivity contribution >= 4 is 27.3 Å². The zero-order valence-electron chi connectivity index (χ0n) is 9.18. The molecule has 0 aliphatic heterocycles. The van der Waals surface area contributed by atoms with Gasteiger partial charge in [0.25, 0.3) is 0 Å². The van der Waals surface area contributed by atoms with Crippen LogP contribution in [0.2, 0.25) is 0 Å². The zero-order valence-corrected chi connectivity index (χ0v) is 10.8. The molecule has 2 aromatic rings. The maximum Gasteiger partial charge on any atom is 0.101 e. The molecule has 0 bridgehead atoms. The highest BCUT2D eigenvalue weighted by atomic mass is 79.9. The summed E-state index contributed by atoms with van der Waals surface area (Å²) in [5.74, 6) is 0. The molecule has 0 fully saturated rings. The largest absolute Gasteiger partial charge is 0.352 e. The van der Waals surface area contributed by atoms with Gasteiger partial charge in [-0.2, -0.15) is 10.5 Å². The molecule has 0 unspecified atom stereocenters. The molecule has 1 aromatic heterocycles. The van der Waals surface area contributed by atoms with E-state index in [1.54, 1.807) is 36.7 Å². The van der Waals surface area contributed by atoms with Gasteiger partial charge >= 0.3 is 0 Å². The fraction of sp³-hybridized carbons (Fsp3) is 0. The molecule has 0 saturated heterocycles. The van der Waals surface area contributed by atoms with Crippen LogP contribution in [0.4, 0.5) is 11.4 Å². The molecule has 5 heteroatoms. The molecule has 0 amide bonds. The topological polar surface area (TPSA) is 72.5 Å². The third-order valence-electron chi connectivity index (χ3n) is 2.31. The summed E-state index contributed by atoms with van der Waals surface area (Å²) in [5.41, 5.74) is 2.20. The molecule has 0 atom stereocenters. The maximum atomic E-state index is 9.03. The van der Waals surface area contributed by atoms with Gasteiger partial charge in [-0.1, -0.05) is 15.9 Å². The number of halogens is 1. The van der Waals surface area contributed by atoms with Crippen molar-refractivity contribution in [3.8, 4) is 12.1 Å². The molecular weight excluding hydrogens is 292 g/mol. The summed E-state index contributed by atoms with van der Waals surface area (Å²) in [6.07, 6.45) is 3.11. The van der Waals surface area contributed by atoms with E-state index >= 15 is 0 Å². The van der Waals surface area contributed by atoms with Gasteiger partial charge < -0.3 is 5.32 Å². The summed E-state index contributed by atoms with van der Waals surface area (Å²) in [4.78, 5) is 3.96. The fourth-order valence-electron chi connectivity index (χ4n) is 1.45. The van der Waals surface area contributed by atoms with Gasteiger partial charge in [0.1, 0.15) is 12.1 Å². The lowest BCUT2D eigenvalue weighted by Crippen LogP contribution is -1.96. The minimum absolute atomic E-state index is 0.480. The van der Waals surface area contributed by atoms with E-state index in [4.69, 9.17) is 10.5 Å². The van der Waals surface area contributed by atoms with Crippen LogP contribution in [0.25, 0.3) is 0 Å². The second-order valence-electron chi connectivity index (χ2n) is 3.46. The first kappa shape index (κ1) is 12.1. The number of hydrogen-bond donors (Lipinski definition) is 1. The van der Waals surface area contributed by atoms with E-state index in [1.807, 2.05) is 0 Å². The van der Waals surface area contributed by atoms with Crippen LogP contribution in [0, 0.1) is 22.7 Å². The third-order valence-corrected chi connectivity index (χ3v) is 2.81. The highest BCUT2D eigenvalue weighted by Gasteiger charge is 2.06. The summed E-state index contributed by atoms with van der Waals surface area (Å²) >= 11 is 3.34. The quantitative estimate of drug-likeness (QED) is 0.923. The van der Waals surface area contributed by atoms with Gasteiger partial charge in [-0.05, 0) is 24.3 Å². The monoisotopic (exact) mass is 298 g/mol. The molecule has 0 spiro atoms. The summed E-state index contributed by atoms with van der Waals surface area (Å²) in [5, 5.41) is 21.1. The maximum absolute atomic E-state index is 9.03. The van der Waals surface area contributed by atoms with Crippen LogP contribution in [0.1, 0.15) is 11.1 Å². The first-order valence-corrected chi connectivity index (χ1v) is 5.84. The Morgan fingerprint density at radius 1 is 1.06 bits per heavy atom. The van der Waals surface area contributed by atoms with E-state index in [9.17, 15) is 0 Å². The molecule has 0 aliphatic carbocycles. The second kappa shape index (κ2) is 5.31. The Hall–Kier alpha value is -2.37. The summed E-state index contributed by atoms with van der Waals surface area (Å²) in [6.45, 7) is 0. The molecule has 1 aromatic carbocycles. The number of aromatic nitrogens is 1. The minimum atomic E-state index is 0.480. The molecule has 86 valence electrons. The van der Waals surface area contributed by atoms with Crippen molar-refractivity contribution in [3.05, 3.63) is 52.3 Å². The molecule has 18 heavy (non-hydrogen) atoms. The van der Waals surface area contributed by atoms with E-state index in [1.165, 1.54) is 0 Å². The SMILES string of the molecule is N#Cc1ccncc1Nc1cc(Br)ccc1C#N. The molecule has 0 saturated carbocycles. The predicted octanol–water partition coefficient (Wildman–Crippen LogP) is 3.33. The van der Waals surface area contributed by atoms with Gasteiger partial charge in [-0.25, -0.2) is 0 Å². The molecule has 0 aliphatic rings. The van der Waals surface area contributed by atoms with Gasteiger partial charge in [-0.3, -0.25) is 4.98 Å². The normalized spacial score (nSPS) is 9.28. The summed E-state index contributed by atoms with van der Waals surface area (Å²) in [7, 11) is 0. The van der Waals surface area contributed by atoms with Crippen LogP contribution in [0.15, 0.2) is 41.1 Å². The van der Waals surface area contributed by atoms with Gasteiger partial charge in [0.15, 0.2) is 0 Å². The fourth-order valence-corrected chi connectivity index (χ4v) is 1.82. The number of hydrogen-bond acceptors (Lipinski definition) is 4. The van der Waals surface area contributed by atoms with Crippen LogP contribution in [-0.4, -0.2) is 4.98 Å². The average molecular weight is 299 g/mol. The second-order valence-corrected chi connectivity index (χ2v) is 4.38. The lowest BCUT2D eigenvalue weighted by atomic mass is 10.1. The zero-order chi connectivity index (χ0) is 13.0. The minimum Gasteiger partial charge on any atom is -0.352 e. The Morgan fingerprint density at radius 3 is 2.50 bits per heavy atom. The highest BCUT2D eigenvalue weighted by Crippen LogP contribution is 2.25. The van der Waals surface area contributed by atoms with Crippen LogP contribution >= 0.6 is 15.9 Å². The van der Waals surface area contributed by atoms with Crippen LogP contribution in [0.3, 0.4) is 0 Å². The van der Waals surface area contributed by atoms with Crippen LogP contribution in [0.5, 0.6) is 0 Å². The Balaban J connectivity index is 2.44. The lowest BCUT2D eigenvalue weighted by molar-refractivity contribution is 1.30. The van der Waals surface area contributed by atoms with Crippen molar-refractivity contribution in [1.82, 2.24) is 4.98 Å². The standard InChI is InChI=1S/C13H7BrN4/c14-11-2-1-9(6-15)12(5-11)18-13-8-17-4-3-10(13)7-16/h1-5,8,18H.